The second kappa shape index (κ2) is 5.43. The summed E-state index contributed by atoms with van der Waals surface area (Å²) < 4.78 is 2.36. The number of rotatable bonds is 0. The quantitative estimate of drug-likeness (QED) is 0.230. The zero-order chi connectivity index (χ0) is 18.2. The molecule has 0 amide bonds. The Labute approximate surface area is 170 Å². The highest BCUT2D eigenvalue weighted by Crippen LogP contribution is 2.51. The number of hydrogen-bond acceptors (Lipinski definition) is 0. The van der Waals surface area contributed by atoms with Gasteiger partial charge < -0.3 is 0 Å². The summed E-state index contributed by atoms with van der Waals surface area (Å²) in [6, 6.07) is 20.2. The van der Waals surface area contributed by atoms with E-state index in [9.17, 15) is 0 Å². The topological polar surface area (TPSA) is 0 Å². The molecule has 2 heteroatoms. The Morgan fingerprint density at radius 3 is 2.12 bits per heavy atom. The average molecular weight is 466 g/mol. The molecule has 1 aliphatic carbocycles. The Morgan fingerprint density at radius 2 is 1.31 bits per heavy atom. The fourth-order valence-electron chi connectivity index (χ4n) is 4.43. The van der Waals surface area contributed by atoms with Crippen LogP contribution in [0.3, 0.4) is 0 Å². The number of benzene rings is 4. The molecule has 0 saturated heterocycles. The summed E-state index contributed by atoms with van der Waals surface area (Å²) in [7, 11) is 0. The summed E-state index contributed by atoms with van der Waals surface area (Å²) in [4.78, 5) is 0. The Hall–Kier alpha value is -1.64. The highest BCUT2D eigenvalue weighted by molar-refractivity contribution is 9.11. The van der Waals surface area contributed by atoms with Crippen molar-refractivity contribution < 1.29 is 0 Å². The molecular weight excluding hydrogens is 448 g/mol. The van der Waals surface area contributed by atoms with Gasteiger partial charge in [0.05, 0.1) is 0 Å². The zero-order valence-electron chi connectivity index (χ0n) is 15.0. The summed E-state index contributed by atoms with van der Waals surface area (Å²) >= 11 is 7.81. The summed E-state index contributed by atoms with van der Waals surface area (Å²) in [5, 5.41) is 5.05. The van der Waals surface area contributed by atoms with Crippen LogP contribution in [0.1, 0.15) is 30.5 Å². The van der Waals surface area contributed by atoms with Gasteiger partial charge in [0.15, 0.2) is 0 Å². The van der Waals surface area contributed by atoms with E-state index in [1.54, 1.807) is 0 Å². The normalized spacial score (nSPS) is 14.7. The van der Waals surface area contributed by atoms with Gasteiger partial charge in [-0.2, -0.15) is 0 Å². The third-order valence-electron chi connectivity index (χ3n) is 5.84. The minimum absolute atomic E-state index is 0.0221. The molecule has 0 N–H and O–H groups in total. The molecule has 1 aliphatic rings. The molecule has 26 heavy (non-hydrogen) atoms. The number of halogens is 2. The first kappa shape index (κ1) is 16.5. The van der Waals surface area contributed by atoms with Crippen LogP contribution < -0.4 is 0 Å². The molecule has 0 bridgehead atoms. The summed E-state index contributed by atoms with van der Waals surface area (Å²) in [6.45, 7) is 6.80. The van der Waals surface area contributed by atoms with Crippen molar-refractivity contribution in [1.82, 2.24) is 0 Å². The molecule has 4 aromatic carbocycles. The minimum Gasteiger partial charge on any atom is -0.0619 e. The van der Waals surface area contributed by atoms with Crippen LogP contribution in [0.2, 0.25) is 0 Å². The first-order chi connectivity index (χ1) is 12.4. The van der Waals surface area contributed by atoms with Gasteiger partial charge in [-0.1, -0.05) is 61.9 Å². The summed E-state index contributed by atoms with van der Waals surface area (Å²) in [6.07, 6.45) is 0. The molecule has 5 rings (SSSR count). The van der Waals surface area contributed by atoms with E-state index >= 15 is 0 Å². The molecule has 0 aromatic heterocycles. The van der Waals surface area contributed by atoms with Gasteiger partial charge in [0, 0.05) is 14.4 Å². The van der Waals surface area contributed by atoms with E-state index in [2.05, 4.69) is 107 Å². The molecule has 0 nitrogen and oxygen atoms in total. The summed E-state index contributed by atoms with van der Waals surface area (Å²) in [5.41, 5.74) is 6.84. The van der Waals surface area contributed by atoms with Crippen LogP contribution in [0.15, 0.2) is 63.5 Å². The first-order valence-electron chi connectivity index (χ1n) is 8.85. The van der Waals surface area contributed by atoms with Gasteiger partial charge in [-0.15, -0.1) is 0 Å². The van der Waals surface area contributed by atoms with Crippen molar-refractivity contribution in [2.45, 2.75) is 26.2 Å². The van der Waals surface area contributed by atoms with Crippen molar-refractivity contribution in [3.05, 3.63) is 80.2 Å². The predicted molar refractivity (Wildman–Crippen MR) is 119 cm³/mol. The number of fused-ring (bicyclic) bond motifs is 5. The fourth-order valence-corrected chi connectivity index (χ4v) is 5.76. The monoisotopic (exact) mass is 464 g/mol. The molecule has 0 heterocycles. The lowest BCUT2D eigenvalue weighted by molar-refractivity contribution is 0.661. The van der Waals surface area contributed by atoms with Gasteiger partial charge in [-0.05, 0) is 94.7 Å². The maximum atomic E-state index is 3.91. The van der Waals surface area contributed by atoms with Gasteiger partial charge >= 0.3 is 0 Å². The maximum Gasteiger partial charge on any atom is 0.0333 e. The fraction of sp³-hybridized carbons (Fsp3) is 0.167. The van der Waals surface area contributed by atoms with Gasteiger partial charge in [0.1, 0.15) is 0 Å². The van der Waals surface area contributed by atoms with E-state index in [0.717, 1.165) is 0 Å². The third-order valence-corrected chi connectivity index (χ3v) is 7.55. The number of aryl methyl sites for hydroxylation is 1. The minimum atomic E-state index is 0.0221. The van der Waals surface area contributed by atoms with E-state index in [4.69, 9.17) is 0 Å². The molecule has 0 fully saturated rings. The Morgan fingerprint density at radius 1 is 0.654 bits per heavy atom. The first-order valence-corrected chi connectivity index (χ1v) is 10.4. The standard InChI is InChI=1S/C24H18Br2/c1-13-8-9-15-17(10-13)23(26)18-11-16-14-6-4-5-7-20(14)24(2,3)21(16)12-19(18)22(15)25/h4-12H,1-3H3. The van der Waals surface area contributed by atoms with Crippen LogP contribution in [0.5, 0.6) is 0 Å². The van der Waals surface area contributed by atoms with Gasteiger partial charge in [0.2, 0.25) is 0 Å². The van der Waals surface area contributed by atoms with Crippen molar-refractivity contribution in [2.24, 2.45) is 0 Å². The lowest BCUT2D eigenvalue weighted by Crippen LogP contribution is -2.14. The van der Waals surface area contributed by atoms with Crippen molar-refractivity contribution >= 4 is 53.4 Å². The Balaban J connectivity index is 1.97. The smallest absolute Gasteiger partial charge is 0.0333 e. The summed E-state index contributed by atoms with van der Waals surface area (Å²) in [5.74, 6) is 0. The Kier molecular flexibility index (Phi) is 3.45. The lowest BCUT2D eigenvalue weighted by Gasteiger charge is -2.22. The molecule has 128 valence electrons. The van der Waals surface area contributed by atoms with E-state index < -0.39 is 0 Å². The van der Waals surface area contributed by atoms with Crippen LogP contribution in [-0.4, -0.2) is 0 Å². The predicted octanol–water partition coefficient (Wildman–Crippen LogP) is 8.13. The molecule has 4 aromatic rings. The van der Waals surface area contributed by atoms with Crippen LogP contribution in [0.25, 0.3) is 32.7 Å². The van der Waals surface area contributed by atoms with Crippen LogP contribution in [0.4, 0.5) is 0 Å². The molecule has 0 atom stereocenters. The molecule has 0 spiro atoms. The Bertz CT molecular complexity index is 1230. The number of hydrogen-bond donors (Lipinski definition) is 0. The SMILES string of the molecule is Cc1ccc2c(Br)c3cc4c(cc3c(Br)c2c1)-c1ccccc1C4(C)C. The van der Waals surface area contributed by atoms with Crippen LogP contribution >= 0.6 is 31.9 Å². The van der Waals surface area contributed by atoms with Gasteiger partial charge in [-0.25, -0.2) is 0 Å². The molecule has 0 unspecified atom stereocenters. The van der Waals surface area contributed by atoms with E-state index in [-0.39, 0.29) is 5.41 Å². The van der Waals surface area contributed by atoms with E-state index in [1.165, 1.54) is 58.3 Å². The molecule has 0 saturated carbocycles. The highest BCUT2D eigenvalue weighted by Gasteiger charge is 2.35. The van der Waals surface area contributed by atoms with Gasteiger partial charge in [-0.3, -0.25) is 0 Å². The zero-order valence-corrected chi connectivity index (χ0v) is 18.1. The second-order valence-electron chi connectivity index (χ2n) is 7.79. The average Bonchev–Trinajstić information content (AvgIpc) is 2.86. The third kappa shape index (κ3) is 2.06. The van der Waals surface area contributed by atoms with Crippen LogP contribution in [-0.2, 0) is 5.41 Å². The van der Waals surface area contributed by atoms with Crippen molar-refractivity contribution in [1.29, 1.82) is 0 Å². The van der Waals surface area contributed by atoms with Crippen molar-refractivity contribution in [2.75, 3.05) is 0 Å². The van der Waals surface area contributed by atoms with Crippen LogP contribution in [0, 0.1) is 6.92 Å². The lowest BCUT2D eigenvalue weighted by atomic mass is 9.82. The maximum absolute atomic E-state index is 3.91. The van der Waals surface area contributed by atoms with Gasteiger partial charge in [0.25, 0.3) is 0 Å². The van der Waals surface area contributed by atoms with Crippen molar-refractivity contribution in [3.63, 3.8) is 0 Å². The molecule has 0 aliphatic heterocycles. The van der Waals surface area contributed by atoms with E-state index in [1.807, 2.05) is 0 Å². The highest BCUT2D eigenvalue weighted by atomic mass is 79.9. The molecular formula is C24H18Br2. The van der Waals surface area contributed by atoms with E-state index in [0.29, 0.717) is 0 Å². The van der Waals surface area contributed by atoms with Crippen molar-refractivity contribution in [3.8, 4) is 11.1 Å². The molecule has 0 radical (unpaired) electrons. The largest absolute Gasteiger partial charge is 0.0619 e. The second-order valence-corrected chi connectivity index (χ2v) is 9.38.